The molecule has 0 fully saturated rings. The molecule has 0 saturated carbocycles. The van der Waals surface area contributed by atoms with E-state index in [1.807, 2.05) is 45.5 Å². The molecule has 3 rings (SSSR count). The monoisotopic (exact) mass is 434 g/mol. The van der Waals surface area contributed by atoms with E-state index in [1.165, 1.54) is 0 Å². The van der Waals surface area contributed by atoms with Crippen molar-refractivity contribution >= 4 is 5.97 Å². The molecule has 170 valence electrons. The number of imidazole rings is 1. The Hall–Kier alpha value is -3.08. The minimum Gasteiger partial charge on any atom is -0.478 e. The molecular weight excluding hydrogens is 400 g/mol. The lowest BCUT2D eigenvalue weighted by atomic mass is 9.98. The molecule has 0 aliphatic carbocycles. The van der Waals surface area contributed by atoms with Gasteiger partial charge in [0.05, 0.1) is 12.1 Å². The summed E-state index contributed by atoms with van der Waals surface area (Å²) in [5.74, 6) is -0.369. The van der Waals surface area contributed by atoms with Crippen LogP contribution in [0, 0.1) is 12.8 Å². The second-order valence-corrected chi connectivity index (χ2v) is 9.01. The SMILES string of the molecule is CCC(C)n1c(C)c(CCC(C)C)n(Cc2ccc(-c3ccccc3C(=O)O)cc2)c1=O. The van der Waals surface area contributed by atoms with Crippen LogP contribution < -0.4 is 5.69 Å². The highest BCUT2D eigenvalue weighted by atomic mass is 16.4. The van der Waals surface area contributed by atoms with Gasteiger partial charge in [-0.3, -0.25) is 9.13 Å². The molecule has 1 N–H and O–H groups in total. The van der Waals surface area contributed by atoms with Gasteiger partial charge in [-0.05, 0) is 61.8 Å². The molecular formula is C27H34N2O3. The van der Waals surface area contributed by atoms with Crippen LogP contribution in [0.2, 0.25) is 0 Å². The van der Waals surface area contributed by atoms with Gasteiger partial charge in [-0.15, -0.1) is 0 Å². The van der Waals surface area contributed by atoms with Crippen LogP contribution in [0.1, 0.15) is 73.9 Å². The Morgan fingerprint density at radius 3 is 2.28 bits per heavy atom. The van der Waals surface area contributed by atoms with Gasteiger partial charge in [0.25, 0.3) is 0 Å². The van der Waals surface area contributed by atoms with Crippen LogP contribution in [0.3, 0.4) is 0 Å². The first-order valence-corrected chi connectivity index (χ1v) is 11.5. The number of carbonyl (C=O) groups is 1. The van der Waals surface area contributed by atoms with Crippen molar-refractivity contribution in [3.8, 4) is 11.1 Å². The molecule has 1 unspecified atom stereocenters. The molecule has 32 heavy (non-hydrogen) atoms. The van der Waals surface area contributed by atoms with Crippen molar-refractivity contribution in [1.82, 2.24) is 9.13 Å². The Kier molecular flexibility index (Phi) is 7.39. The second-order valence-electron chi connectivity index (χ2n) is 9.01. The third-order valence-corrected chi connectivity index (χ3v) is 6.29. The molecule has 0 amide bonds. The van der Waals surface area contributed by atoms with E-state index in [0.717, 1.165) is 41.8 Å². The normalized spacial score (nSPS) is 12.3. The van der Waals surface area contributed by atoms with E-state index in [4.69, 9.17) is 0 Å². The van der Waals surface area contributed by atoms with Crippen molar-refractivity contribution in [3.63, 3.8) is 0 Å². The summed E-state index contributed by atoms with van der Waals surface area (Å²) >= 11 is 0. The molecule has 1 aromatic heterocycles. The summed E-state index contributed by atoms with van der Waals surface area (Å²) in [6.45, 7) is 11.2. The van der Waals surface area contributed by atoms with E-state index >= 15 is 0 Å². The highest BCUT2D eigenvalue weighted by Gasteiger charge is 2.20. The van der Waals surface area contributed by atoms with Crippen molar-refractivity contribution in [3.05, 3.63) is 81.5 Å². The highest BCUT2D eigenvalue weighted by molar-refractivity contribution is 5.95. The summed E-state index contributed by atoms with van der Waals surface area (Å²) in [5.41, 5.74) is 5.09. The van der Waals surface area contributed by atoms with Crippen LogP contribution in [0.4, 0.5) is 0 Å². The largest absolute Gasteiger partial charge is 0.478 e. The number of carboxylic acids is 1. The van der Waals surface area contributed by atoms with Gasteiger partial charge in [-0.2, -0.15) is 0 Å². The summed E-state index contributed by atoms with van der Waals surface area (Å²) in [7, 11) is 0. The molecule has 1 atom stereocenters. The third kappa shape index (κ3) is 4.87. The first kappa shape index (κ1) is 23.6. The van der Waals surface area contributed by atoms with Crippen molar-refractivity contribution < 1.29 is 9.90 Å². The van der Waals surface area contributed by atoms with Gasteiger partial charge in [0, 0.05) is 17.4 Å². The zero-order valence-electron chi connectivity index (χ0n) is 19.8. The Balaban J connectivity index is 1.96. The van der Waals surface area contributed by atoms with Gasteiger partial charge in [-0.1, -0.05) is 63.2 Å². The molecule has 0 radical (unpaired) electrons. The second kappa shape index (κ2) is 10.0. The molecule has 5 heteroatoms. The van der Waals surface area contributed by atoms with Gasteiger partial charge < -0.3 is 5.11 Å². The van der Waals surface area contributed by atoms with Gasteiger partial charge in [0.1, 0.15) is 0 Å². The zero-order valence-corrected chi connectivity index (χ0v) is 19.8. The fourth-order valence-electron chi connectivity index (χ4n) is 4.22. The average Bonchev–Trinajstić information content (AvgIpc) is 3.01. The van der Waals surface area contributed by atoms with E-state index in [9.17, 15) is 14.7 Å². The maximum atomic E-state index is 13.3. The third-order valence-electron chi connectivity index (χ3n) is 6.29. The van der Waals surface area contributed by atoms with Crippen molar-refractivity contribution in [2.75, 3.05) is 0 Å². The van der Waals surface area contributed by atoms with E-state index in [2.05, 4.69) is 34.6 Å². The molecule has 0 aliphatic rings. The lowest BCUT2D eigenvalue weighted by Crippen LogP contribution is -2.27. The highest BCUT2D eigenvalue weighted by Crippen LogP contribution is 2.25. The maximum Gasteiger partial charge on any atom is 0.336 e. The lowest BCUT2D eigenvalue weighted by Gasteiger charge is -2.12. The van der Waals surface area contributed by atoms with Crippen LogP contribution in [-0.2, 0) is 13.0 Å². The first-order valence-electron chi connectivity index (χ1n) is 11.5. The van der Waals surface area contributed by atoms with Gasteiger partial charge in [-0.25, -0.2) is 9.59 Å². The van der Waals surface area contributed by atoms with Gasteiger partial charge in [0.2, 0.25) is 0 Å². The Bertz CT molecular complexity index is 1140. The zero-order chi connectivity index (χ0) is 23.4. The molecule has 0 aliphatic heterocycles. The fraction of sp³-hybridized carbons (Fsp3) is 0.407. The molecule has 0 spiro atoms. The number of carboxylic acid groups (broad SMARTS) is 1. The van der Waals surface area contributed by atoms with Crippen LogP contribution >= 0.6 is 0 Å². The number of hydrogen-bond acceptors (Lipinski definition) is 2. The Morgan fingerprint density at radius 1 is 1.03 bits per heavy atom. The van der Waals surface area contributed by atoms with E-state index in [-0.39, 0.29) is 17.3 Å². The topological polar surface area (TPSA) is 64.2 Å². The number of benzene rings is 2. The Labute approximate surface area is 190 Å². The van der Waals surface area contributed by atoms with E-state index < -0.39 is 5.97 Å². The minimum atomic E-state index is -0.937. The first-order chi connectivity index (χ1) is 15.2. The van der Waals surface area contributed by atoms with Crippen LogP contribution in [0.5, 0.6) is 0 Å². The van der Waals surface area contributed by atoms with Gasteiger partial charge in [0.15, 0.2) is 0 Å². The van der Waals surface area contributed by atoms with Crippen LogP contribution in [-0.4, -0.2) is 20.2 Å². The van der Waals surface area contributed by atoms with Gasteiger partial charge >= 0.3 is 11.7 Å². The molecule has 3 aromatic rings. The standard InChI is InChI=1S/C27H34N2O3/c1-6-19(4)29-20(5)25(16-11-18(2)3)28(27(29)32)17-21-12-14-22(15-13-21)23-9-7-8-10-24(23)26(30)31/h7-10,12-15,18-19H,6,11,16-17H2,1-5H3,(H,30,31). The molecule has 0 saturated heterocycles. The smallest absolute Gasteiger partial charge is 0.336 e. The van der Waals surface area contributed by atoms with Crippen molar-refractivity contribution in [2.24, 2.45) is 5.92 Å². The van der Waals surface area contributed by atoms with Crippen LogP contribution in [0.25, 0.3) is 11.1 Å². The predicted octanol–water partition coefficient (Wildman–Crippen LogP) is 5.93. The number of rotatable bonds is 9. The summed E-state index contributed by atoms with van der Waals surface area (Å²) in [6, 6.07) is 15.0. The molecule has 2 aromatic carbocycles. The number of nitrogens with zero attached hydrogens (tertiary/aromatic N) is 2. The quantitative estimate of drug-likeness (QED) is 0.454. The van der Waals surface area contributed by atoms with Crippen LogP contribution in [0.15, 0.2) is 53.3 Å². The number of aromatic nitrogens is 2. The molecule has 5 nitrogen and oxygen atoms in total. The number of aromatic carboxylic acids is 1. The summed E-state index contributed by atoms with van der Waals surface area (Å²) in [6.07, 6.45) is 2.83. The Morgan fingerprint density at radius 2 is 1.69 bits per heavy atom. The average molecular weight is 435 g/mol. The number of hydrogen-bond donors (Lipinski definition) is 1. The summed E-state index contributed by atoms with van der Waals surface area (Å²) < 4.78 is 3.86. The molecule has 0 bridgehead atoms. The van der Waals surface area contributed by atoms with E-state index in [1.54, 1.807) is 12.1 Å². The summed E-state index contributed by atoms with van der Waals surface area (Å²) in [5, 5.41) is 9.48. The fourth-order valence-corrected chi connectivity index (χ4v) is 4.22. The maximum absolute atomic E-state index is 13.3. The lowest BCUT2D eigenvalue weighted by molar-refractivity contribution is 0.0697. The minimum absolute atomic E-state index is 0.0518. The van der Waals surface area contributed by atoms with E-state index in [0.29, 0.717) is 18.0 Å². The predicted molar refractivity (Wildman–Crippen MR) is 130 cm³/mol. The molecule has 1 heterocycles. The van der Waals surface area contributed by atoms with Crippen molar-refractivity contribution in [2.45, 2.75) is 66.5 Å². The summed E-state index contributed by atoms with van der Waals surface area (Å²) in [4.78, 5) is 24.9. The van der Waals surface area contributed by atoms with Crippen molar-refractivity contribution in [1.29, 1.82) is 0 Å².